The Morgan fingerprint density at radius 1 is 0.633 bits per heavy atom. The van der Waals surface area contributed by atoms with E-state index in [1.165, 1.54) is 33.7 Å². The van der Waals surface area contributed by atoms with Gasteiger partial charge in [-0.3, -0.25) is 9.44 Å². The summed E-state index contributed by atoms with van der Waals surface area (Å²) in [6.45, 7) is 1.68. The lowest BCUT2D eigenvalue weighted by atomic mass is 9.93. The van der Waals surface area contributed by atoms with Crippen molar-refractivity contribution in [3.8, 4) is 0 Å². The van der Waals surface area contributed by atoms with Crippen LogP contribution in [0.1, 0.15) is 24.0 Å². The monoisotopic (exact) mass is 476 g/mol. The predicted octanol–water partition coefficient (Wildman–Crippen LogP) is 4.36. The lowest BCUT2D eigenvalue weighted by Gasteiger charge is -2.15. The van der Waals surface area contributed by atoms with Crippen molar-refractivity contribution in [2.45, 2.75) is 23.9 Å². The van der Waals surface area contributed by atoms with Crippen LogP contribution in [0.3, 0.4) is 0 Å². The first-order chi connectivity index (χ1) is 13.5. The molecule has 30 heavy (non-hydrogen) atoms. The number of halogens is 6. The maximum atomic E-state index is 12.4. The number of hydrogen-bond donors (Lipinski definition) is 2. The highest BCUT2D eigenvalue weighted by Crippen LogP contribution is 2.30. The van der Waals surface area contributed by atoms with Gasteiger partial charge in [0.2, 0.25) is 0 Å². The van der Waals surface area contributed by atoms with Crippen LogP contribution in [0.4, 0.5) is 37.7 Å². The van der Waals surface area contributed by atoms with Crippen molar-refractivity contribution in [1.82, 2.24) is 0 Å². The summed E-state index contributed by atoms with van der Waals surface area (Å²) >= 11 is 0. The molecule has 0 aliphatic heterocycles. The third-order valence-electron chi connectivity index (χ3n) is 3.94. The molecule has 0 heterocycles. The van der Waals surface area contributed by atoms with Gasteiger partial charge in [0.1, 0.15) is 0 Å². The molecule has 0 saturated carbocycles. The summed E-state index contributed by atoms with van der Waals surface area (Å²) in [5, 5.41) is 0. The van der Waals surface area contributed by atoms with Gasteiger partial charge in [0.25, 0.3) is 0 Å². The molecule has 14 heteroatoms. The summed E-state index contributed by atoms with van der Waals surface area (Å²) in [5.74, 6) is -0.383. The minimum absolute atomic E-state index is 0.305. The Morgan fingerprint density at radius 3 is 1.13 bits per heavy atom. The molecule has 0 bridgehead atoms. The molecule has 0 unspecified atom stereocenters. The Labute approximate surface area is 168 Å². The van der Waals surface area contributed by atoms with E-state index in [-0.39, 0.29) is 17.3 Å². The zero-order chi connectivity index (χ0) is 23.0. The lowest BCUT2D eigenvalue weighted by molar-refractivity contribution is -0.0435. The molecular weight excluding hydrogens is 462 g/mol. The van der Waals surface area contributed by atoms with E-state index in [0.29, 0.717) is 11.1 Å². The van der Waals surface area contributed by atoms with Crippen LogP contribution in [0, 0.1) is 0 Å². The Balaban J connectivity index is 2.15. The smallest absolute Gasteiger partial charge is 0.276 e. The van der Waals surface area contributed by atoms with Crippen LogP contribution < -0.4 is 9.44 Å². The van der Waals surface area contributed by atoms with E-state index < -0.39 is 31.1 Å². The van der Waals surface area contributed by atoms with Gasteiger partial charge in [-0.25, -0.2) is 0 Å². The lowest BCUT2D eigenvalue weighted by Crippen LogP contribution is -2.29. The van der Waals surface area contributed by atoms with Crippen LogP contribution in [0.2, 0.25) is 0 Å². The van der Waals surface area contributed by atoms with Crippen LogP contribution in [0.5, 0.6) is 0 Å². The molecule has 0 amide bonds. The van der Waals surface area contributed by atoms with E-state index in [1.54, 1.807) is 6.92 Å². The first kappa shape index (κ1) is 23.8. The second-order valence-corrected chi connectivity index (χ2v) is 9.42. The predicted molar refractivity (Wildman–Crippen MR) is 97.6 cm³/mol. The van der Waals surface area contributed by atoms with Crippen molar-refractivity contribution in [2.24, 2.45) is 0 Å². The number of anilines is 2. The molecule has 2 N–H and O–H groups in total. The third kappa shape index (κ3) is 5.36. The largest absolute Gasteiger partial charge is 0.516 e. The number of hydrogen-bond acceptors (Lipinski definition) is 4. The van der Waals surface area contributed by atoms with Gasteiger partial charge in [0, 0.05) is 17.3 Å². The fourth-order valence-electron chi connectivity index (χ4n) is 2.30. The van der Waals surface area contributed by atoms with Crippen LogP contribution in [0.25, 0.3) is 0 Å². The highest BCUT2D eigenvalue weighted by Gasteiger charge is 2.46. The summed E-state index contributed by atoms with van der Waals surface area (Å²) in [5.41, 5.74) is -10.4. The highest BCUT2D eigenvalue weighted by atomic mass is 32.2. The quantitative estimate of drug-likeness (QED) is 0.606. The molecule has 2 aromatic carbocycles. The minimum atomic E-state index is -5.55. The molecule has 0 radical (unpaired) electrons. The van der Waals surface area contributed by atoms with Crippen molar-refractivity contribution in [3.05, 3.63) is 59.7 Å². The first-order valence-corrected chi connectivity index (χ1v) is 10.9. The minimum Gasteiger partial charge on any atom is -0.276 e. The Hall–Kier alpha value is -2.48. The summed E-state index contributed by atoms with van der Waals surface area (Å²) in [6.07, 6.45) is 0. The maximum Gasteiger partial charge on any atom is 0.516 e. The highest BCUT2D eigenvalue weighted by molar-refractivity contribution is 7.93. The number of sulfonamides is 2. The van der Waals surface area contributed by atoms with Gasteiger partial charge in [-0.1, -0.05) is 31.2 Å². The molecule has 166 valence electrons. The van der Waals surface area contributed by atoms with E-state index in [0.717, 1.165) is 24.3 Å². The Bertz CT molecular complexity index is 1000. The average molecular weight is 476 g/mol. The molecule has 0 aliphatic carbocycles. The summed E-state index contributed by atoms with van der Waals surface area (Å²) in [4.78, 5) is 0. The van der Waals surface area contributed by atoms with E-state index in [2.05, 4.69) is 0 Å². The van der Waals surface area contributed by atoms with E-state index in [1.807, 2.05) is 0 Å². The van der Waals surface area contributed by atoms with E-state index in [9.17, 15) is 43.2 Å². The second kappa shape index (κ2) is 7.98. The van der Waals surface area contributed by atoms with Crippen LogP contribution >= 0.6 is 0 Å². The van der Waals surface area contributed by atoms with Gasteiger partial charge < -0.3 is 0 Å². The zero-order valence-electron chi connectivity index (χ0n) is 14.9. The molecular formula is C16H14F6N2O4S2. The fraction of sp³-hybridized carbons (Fsp3) is 0.250. The van der Waals surface area contributed by atoms with Gasteiger partial charge in [0.15, 0.2) is 0 Å². The van der Waals surface area contributed by atoms with Crippen molar-refractivity contribution in [1.29, 1.82) is 0 Å². The van der Waals surface area contributed by atoms with Gasteiger partial charge in [-0.15, -0.1) is 0 Å². The normalized spacial score (nSPS) is 13.3. The molecule has 6 nitrogen and oxygen atoms in total. The number of nitrogens with one attached hydrogen (secondary N) is 2. The van der Waals surface area contributed by atoms with Gasteiger partial charge in [0.05, 0.1) is 0 Å². The average Bonchev–Trinajstić information content (AvgIpc) is 2.60. The molecule has 2 aromatic rings. The van der Waals surface area contributed by atoms with Crippen molar-refractivity contribution < 1.29 is 43.2 Å². The summed E-state index contributed by atoms with van der Waals surface area (Å²) < 4.78 is 122. The first-order valence-electron chi connectivity index (χ1n) is 7.91. The summed E-state index contributed by atoms with van der Waals surface area (Å²) in [6, 6.07) is 10.0. The van der Waals surface area contributed by atoms with E-state index in [4.69, 9.17) is 0 Å². The van der Waals surface area contributed by atoms with Crippen LogP contribution in [0.15, 0.2) is 48.5 Å². The molecule has 0 aliphatic rings. The van der Waals surface area contributed by atoms with Crippen molar-refractivity contribution in [3.63, 3.8) is 0 Å². The van der Waals surface area contributed by atoms with Crippen molar-refractivity contribution in [2.75, 3.05) is 9.44 Å². The van der Waals surface area contributed by atoms with Crippen LogP contribution in [-0.2, 0) is 20.0 Å². The van der Waals surface area contributed by atoms with Gasteiger partial charge in [-0.05, 0) is 35.4 Å². The molecule has 2 rings (SSSR count). The topological polar surface area (TPSA) is 92.3 Å². The molecule has 0 spiro atoms. The Morgan fingerprint density at radius 2 is 0.900 bits per heavy atom. The van der Waals surface area contributed by atoms with Gasteiger partial charge >= 0.3 is 31.1 Å². The molecule has 0 fully saturated rings. The zero-order valence-corrected chi connectivity index (χ0v) is 16.5. The van der Waals surface area contributed by atoms with Gasteiger partial charge in [-0.2, -0.15) is 43.2 Å². The molecule has 0 saturated heterocycles. The number of rotatable bonds is 6. The van der Waals surface area contributed by atoms with E-state index >= 15 is 0 Å². The number of alkyl halides is 6. The van der Waals surface area contributed by atoms with Crippen molar-refractivity contribution >= 4 is 31.4 Å². The molecule has 0 atom stereocenters. The second-order valence-electron chi connectivity index (χ2n) is 6.07. The standard InChI is InChI=1S/C16H14F6N2O4S2/c1-10(11-2-6-13(7-3-11)23-29(25,26)15(17,18)19)12-4-8-14(9-5-12)24-30(27,28)16(20,21)22/h2-10,23-24H,1H3. The summed E-state index contributed by atoms with van der Waals surface area (Å²) in [7, 11) is -11.1. The SMILES string of the molecule is CC(c1ccc(NS(=O)(=O)C(F)(F)F)cc1)c1ccc(NS(=O)(=O)C(F)(F)F)cc1. The van der Waals surface area contributed by atoms with Crippen LogP contribution in [-0.4, -0.2) is 27.9 Å². The Kier molecular flexibility index (Phi) is 6.33. The molecule has 0 aromatic heterocycles. The maximum absolute atomic E-state index is 12.4. The third-order valence-corrected chi connectivity index (χ3v) is 6.16. The number of benzene rings is 2. The fourth-order valence-corrected chi connectivity index (χ4v) is 3.42.